The minimum Gasteiger partial charge on any atom is -0.308 e. The second kappa shape index (κ2) is 6.36. The van der Waals surface area contributed by atoms with E-state index in [0.717, 1.165) is 11.4 Å². The molecule has 0 bridgehead atoms. The number of hydrogen-bond acceptors (Lipinski definition) is 2. The van der Waals surface area contributed by atoms with Crippen LogP contribution in [-0.2, 0) is 9.71 Å². The number of nitrogens with zero attached hydrogens (tertiary/aromatic N) is 1. The Balaban J connectivity index is 2.81. The SMILES string of the molecule is C=S(=O)(NCCN(C)C)c1cccc(C(C)C)c1. The van der Waals surface area contributed by atoms with E-state index in [9.17, 15) is 4.21 Å². The summed E-state index contributed by atoms with van der Waals surface area (Å²) in [6.45, 7) is 5.77. The third-order valence-corrected chi connectivity index (χ3v) is 4.49. The molecule has 3 nitrogen and oxygen atoms in total. The van der Waals surface area contributed by atoms with Crippen LogP contribution in [0.1, 0.15) is 25.3 Å². The Bertz CT molecular complexity index is 478. The largest absolute Gasteiger partial charge is 0.308 e. The van der Waals surface area contributed by atoms with Gasteiger partial charge in [-0.2, -0.15) is 0 Å². The van der Waals surface area contributed by atoms with E-state index in [1.807, 2.05) is 37.2 Å². The van der Waals surface area contributed by atoms with Crippen molar-refractivity contribution in [3.05, 3.63) is 29.8 Å². The second-order valence-electron chi connectivity index (χ2n) is 5.10. The van der Waals surface area contributed by atoms with Crippen molar-refractivity contribution >= 4 is 15.6 Å². The first-order valence-corrected chi connectivity index (χ1v) is 7.92. The molecule has 4 heteroatoms. The quantitative estimate of drug-likeness (QED) is 0.800. The number of hydrogen-bond donors (Lipinski definition) is 1. The topological polar surface area (TPSA) is 32.3 Å². The van der Waals surface area contributed by atoms with Gasteiger partial charge in [0.2, 0.25) is 0 Å². The number of rotatable bonds is 6. The molecule has 1 aromatic carbocycles. The third kappa shape index (κ3) is 4.44. The first kappa shape index (κ1) is 15.2. The van der Waals surface area contributed by atoms with E-state index in [1.165, 1.54) is 5.56 Å². The molecule has 1 rings (SSSR count). The van der Waals surface area contributed by atoms with Gasteiger partial charge in [0.1, 0.15) is 0 Å². The molecule has 1 aromatic rings. The van der Waals surface area contributed by atoms with Crippen LogP contribution < -0.4 is 4.72 Å². The lowest BCUT2D eigenvalue weighted by atomic mass is 10.0. The molecule has 18 heavy (non-hydrogen) atoms. The summed E-state index contributed by atoms with van der Waals surface area (Å²) in [6, 6.07) is 7.87. The highest BCUT2D eigenvalue weighted by Crippen LogP contribution is 2.18. The molecular formula is C14H24N2OS. The van der Waals surface area contributed by atoms with Crippen molar-refractivity contribution in [2.45, 2.75) is 24.7 Å². The number of likely N-dealkylation sites (N-methyl/N-ethyl adjacent to an activating group) is 1. The molecule has 0 aliphatic carbocycles. The summed E-state index contributed by atoms with van der Waals surface area (Å²) in [6.07, 6.45) is 0. The Morgan fingerprint density at radius 2 is 2.06 bits per heavy atom. The van der Waals surface area contributed by atoms with Crippen LogP contribution in [-0.4, -0.2) is 42.2 Å². The number of nitrogens with one attached hydrogen (secondary N) is 1. The second-order valence-corrected chi connectivity index (χ2v) is 7.21. The summed E-state index contributed by atoms with van der Waals surface area (Å²) in [4.78, 5) is 2.83. The summed E-state index contributed by atoms with van der Waals surface area (Å²) in [5, 5.41) is 0. The van der Waals surface area contributed by atoms with Gasteiger partial charge in [-0.15, -0.1) is 0 Å². The molecule has 0 fully saturated rings. The van der Waals surface area contributed by atoms with Crippen LogP contribution in [0.25, 0.3) is 0 Å². The zero-order chi connectivity index (χ0) is 13.8. The predicted molar refractivity (Wildman–Crippen MR) is 80.6 cm³/mol. The van der Waals surface area contributed by atoms with Crippen LogP contribution in [0, 0.1) is 0 Å². The average molecular weight is 268 g/mol. The van der Waals surface area contributed by atoms with E-state index in [-0.39, 0.29) is 0 Å². The van der Waals surface area contributed by atoms with Crippen LogP contribution in [0.4, 0.5) is 0 Å². The van der Waals surface area contributed by atoms with Crippen molar-refractivity contribution in [2.24, 2.45) is 0 Å². The smallest absolute Gasteiger partial charge is 0.0533 e. The van der Waals surface area contributed by atoms with Gasteiger partial charge in [0, 0.05) is 18.0 Å². The highest BCUT2D eigenvalue weighted by molar-refractivity contribution is 7.98. The monoisotopic (exact) mass is 268 g/mol. The Kier molecular flexibility index (Phi) is 5.38. The van der Waals surface area contributed by atoms with Crippen LogP contribution in [0.5, 0.6) is 0 Å². The Morgan fingerprint density at radius 3 is 2.61 bits per heavy atom. The lowest BCUT2D eigenvalue weighted by molar-refractivity contribution is 0.414. The van der Waals surface area contributed by atoms with Gasteiger partial charge >= 0.3 is 0 Å². The van der Waals surface area contributed by atoms with Gasteiger partial charge < -0.3 is 4.90 Å². The van der Waals surface area contributed by atoms with Gasteiger partial charge in [-0.25, -0.2) is 8.93 Å². The van der Waals surface area contributed by atoms with E-state index in [1.54, 1.807) is 0 Å². The molecule has 0 saturated carbocycles. The molecule has 0 aliphatic rings. The number of benzene rings is 1. The van der Waals surface area contributed by atoms with Crippen molar-refractivity contribution in [2.75, 3.05) is 27.2 Å². The van der Waals surface area contributed by atoms with E-state index < -0.39 is 9.71 Å². The summed E-state index contributed by atoms with van der Waals surface area (Å²) in [5.41, 5.74) is 1.19. The average Bonchev–Trinajstić information content (AvgIpc) is 2.28. The Morgan fingerprint density at radius 1 is 1.39 bits per heavy atom. The lowest BCUT2D eigenvalue weighted by Crippen LogP contribution is -2.31. The fraction of sp³-hybridized carbons (Fsp3) is 0.500. The van der Waals surface area contributed by atoms with E-state index in [2.05, 4.69) is 30.5 Å². The molecule has 0 saturated heterocycles. The lowest BCUT2D eigenvalue weighted by Gasteiger charge is -2.15. The van der Waals surface area contributed by atoms with Crippen molar-refractivity contribution < 1.29 is 4.21 Å². The highest BCUT2D eigenvalue weighted by Gasteiger charge is 2.09. The Hall–Kier alpha value is -0.840. The van der Waals surface area contributed by atoms with Crippen molar-refractivity contribution in [1.29, 1.82) is 0 Å². The van der Waals surface area contributed by atoms with Gasteiger partial charge in [-0.05, 0) is 43.6 Å². The van der Waals surface area contributed by atoms with Crippen molar-refractivity contribution in [3.8, 4) is 0 Å². The maximum atomic E-state index is 12.5. The van der Waals surface area contributed by atoms with Gasteiger partial charge in [0.05, 0.1) is 9.71 Å². The van der Waals surface area contributed by atoms with E-state index >= 15 is 0 Å². The van der Waals surface area contributed by atoms with Gasteiger partial charge in [0.25, 0.3) is 0 Å². The molecule has 0 radical (unpaired) electrons. The minimum atomic E-state index is -2.39. The maximum Gasteiger partial charge on any atom is 0.0533 e. The molecule has 102 valence electrons. The maximum absolute atomic E-state index is 12.5. The summed E-state index contributed by atoms with van der Waals surface area (Å²) >= 11 is 0. The molecule has 0 aliphatic heterocycles. The van der Waals surface area contributed by atoms with Crippen molar-refractivity contribution in [1.82, 2.24) is 9.62 Å². The summed E-state index contributed by atoms with van der Waals surface area (Å²) < 4.78 is 15.6. The minimum absolute atomic E-state index is 0.432. The normalized spacial score (nSPS) is 15.0. The molecule has 0 spiro atoms. The Labute approximate surface area is 111 Å². The standard InChI is InChI=1S/C14H24N2OS/c1-12(2)13-7-6-8-14(11-13)18(5,17)15-9-10-16(3)4/h6-8,11-12H,5,9-10H2,1-4H3,(H,15,17). The van der Waals surface area contributed by atoms with Crippen LogP contribution in [0.15, 0.2) is 29.2 Å². The van der Waals surface area contributed by atoms with Crippen LogP contribution in [0.2, 0.25) is 0 Å². The van der Waals surface area contributed by atoms with E-state index in [4.69, 9.17) is 0 Å². The molecule has 0 heterocycles. The molecule has 1 N–H and O–H groups in total. The van der Waals surface area contributed by atoms with Crippen LogP contribution in [0.3, 0.4) is 0 Å². The molecule has 1 unspecified atom stereocenters. The first-order valence-electron chi connectivity index (χ1n) is 6.19. The zero-order valence-electron chi connectivity index (χ0n) is 11.8. The van der Waals surface area contributed by atoms with E-state index in [0.29, 0.717) is 12.5 Å². The summed E-state index contributed by atoms with van der Waals surface area (Å²) in [5.74, 6) is 4.27. The zero-order valence-corrected chi connectivity index (χ0v) is 12.6. The van der Waals surface area contributed by atoms with Crippen LogP contribution >= 0.6 is 0 Å². The fourth-order valence-electron chi connectivity index (χ4n) is 1.60. The molecule has 0 amide bonds. The molecule has 0 aromatic heterocycles. The van der Waals surface area contributed by atoms with Gasteiger partial charge in [0.15, 0.2) is 0 Å². The van der Waals surface area contributed by atoms with Gasteiger partial charge in [-0.1, -0.05) is 26.0 Å². The van der Waals surface area contributed by atoms with Gasteiger partial charge in [-0.3, -0.25) is 0 Å². The third-order valence-electron chi connectivity index (χ3n) is 2.80. The predicted octanol–water partition coefficient (Wildman–Crippen LogP) is 1.95. The first-order chi connectivity index (χ1) is 8.33. The van der Waals surface area contributed by atoms with Crippen molar-refractivity contribution in [3.63, 3.8) is 0 Å². The fourth-order valence-corrected chi connectivity index (χ4v) is 2.81. The summed E-state index contributed by atoms with van der Waals surface area (Å²) in [7, 11) is 1.60. The molecule has 1 atom stereocenters. The molecular weight excluding hydrogens is 244 g/mol. The highest BCUT2D eigenvalue weighted by atomic mass is 32.2.